The topological polar surface area (TPSA) is 75.6 Å². The zero-order chi connectivity index (χ0) is 15.6. The largest absolute Gasteiger partial charge is 0.491 e. The molecule has 0 radical (unpaired) electrons. The standard InChI is InChI=1S/C15H23NO4S/c1-10(2)20-15-7-6-13(8-11(15)3)21(18,19)16-9-14(17)12-4-5-12/h6-8,10,12,14,16-17H,4-5,9H2,1-3H3. The summed E-state index contributed by atoms with van der Waals surface area (Å²) in [4.78, 5) is 0.194. The molecule has 2 N–H and O–H groups in total. The van der Waals surface area contributed by atoms with Crippen LogP contribution in [0.3, 0.4) is 0 Å². The molecule has 2 rings (SSSR count). The number of hydrogen-bond donors (Lipinski definition) is 2. The Labute approximate surface area is 126 Å². The van der Waals surface area contributed by atoms with Gasteiger partial charge in [-0.2, -0.15) is 0 Å². The summed E-state index contributed by atoms with van der Waals surface area (Å²) in [6, 6.07) is 4.78. The molecular formula is C15H23NO4S. The molecule has 1 aromatic rings. The second kappa shape index (κ2) is 6.34. The normalized spacial score (nSPS) is 17.0. The third-order valence-electron chi connectivity index (χ3n) is 3.47. The maximum Gasteiger partial charge on any atom is 0.240 e. The van der Waals surface area contributed by atoms with E-state index in [1.54, 1.807) is 12.1 Å². The van der Waals surface area contributed by atoms with Crippen LogP contribution in [0.2, 0.25) is 0 Å². The van der Waals surface area contributed by atoms with E-state index in [0.29, 0.717) is 5.75 Å². The molecular weight excluding hydrogens is 290 g/mol. The first-order chi connectivity index (χ1) is 9.79. The van der Waals surface area contributed by atoms with E-state index in [9.17, 15) is 13.5 Å². The molecule has 1 aliphatic rings. The molecule has 0 aromatic heterocycles. The van der Waals surface area contributed by atoms with Crippen LogP contribution in [-0.4, -0.2) is 32.3 Å². The third-order valence-corrected chi connectivity index (χ3v) is 4.89. The molecule has 0 bridgehead atoms. The van der Waals surface area contributed by atoms with Gasteiger partial charge in [0.25, 0.3) is 0 Å². The van der Waals surface area contributed by atoms with Gasteiger partial charge in [-0.05, 0) is 63.3 Å². The van der Waals surface area contributed by atoms with E-state index in [4.69, 9.17) is 4.74 Å². The summed E-state index contributed by atoms with van der Waals surface area (Å²) in [6.07, 6.45) is 1.40. The van der Waals surface area contributed by atoms with E-state index >= 15 is 0 Å². The number of rotatable bonds is 7. The Hall–Kier alpha value is -1.11. The monoisotopic (exact) mass is 313 g/mol. The van der Waals surface area contributed by atoms with E-state index in [1.165, 1.54) is 6.07 Å². The van der Waals surface area contributed by atoms with Gasteiger partial charge in [0.15, 0.2) is 0 Å². The van der Waals surface area contributed by atoms with Crippen LogP contribution in [0.1, 0.15) is 32.3 Å². The Bertz CT molecular complexity index is 594. The second-order valence-electron chi connectivity index (χ2n) is 5.85. The first kappa shape index (κ1) is 16.3. The van der Waals surface area contributed by atoms with Crippen molar-refractivity contribution in [3.8, 4) is 5.75 Å². The van der Waals surface area contributed by atoms with Crippen LogP contribution in [0, 0.1) is 12.8 Å². The zero-order valence-corrected chi connectivity index (χ0v) is 13.5. The summed E-state index contributed by atoms with van der Waals surface area (Å²) < 4.78 is 32.5. The molecule has 21 heavy (non-hydrogen) atoms. The van der Waals surface area contributed by atoms with Crippen molar-refractivity contribution in [1.29, 1.82) is 0 Å². The highest BCUT2D eigenvalue weighted by molar-refractivity contribution is 7.89. The number of sulfonamides is 1. The fraction of sp³-hybridized carbons (Fsp3) is 0.600. The molecule has 1 unspecified atom stereocenters. The molecule has 1 fully saturated rings. The molecule has 0 amide bonds. The van der Waals surface area contributed by atoms with Gasteiger partial charge in [0.05, 0.1) is 17.1 Å². The first-order valence-electron chi connectivity index (χ1n) is 7.24. The van der Waals surface area contributed by atoms with Gasteiger partial charge in [0.1, 0.15) is 5.75 Å². The quantitative estimate of drug-likeness (QED) is 0.805. The fourth-order valence-electron chi connectivity index (χ4n) is 2.10. The molecule has 0 spiro atoms. The van der Waals surface area contributed by atoms with Crippen molar-refractivity contribution in [1.82, 2.24) is 4.72 Å². The molecule has 5 nitrogen and oxygen atoms in total. The fourth-order valence-corrected chi connectivity index (χ4v) is 3.24. The van der Waals surface area contributed by atoms with Gasteiger partial charge >= 0.3 is 0 Å². The van der Waals surface area contributed by atoms with Crippen molar-refractivity contribution in [3.05, 3.63) is 23.8 Å². The molecule has 6 heteroatoms. The minimum absolute atomic E-state index is 0.0398. The summed E-state index contributed by atoms with van der Waals surface area (Å²) in [5.41, 5.74) is 0.773. The Morgan fingerprint density at radius 2 is 2.05 bits per heavy atom. The highest BCUT2D eigenvalue weighted by Crippen LogP contribution is 2.32. The van der Waals surface area contributed by atoms with Gasteiger partial charge in [-0.1, -0.05) is 0 Å². The van der Waals surface area contributed by atoms with Crippen molar-refractivity contribution in [2.24, 2.45) is 5.92 Å². The number of ether oxygens (including phenoxy) is 1. The Morgan fingerprint density at radius 1 is 1.38 bits per heavy atom. The van der Waals surface area contributed by atoms with Crippen LogP contribution in [0.25, 0.3) is 0 Å². The average Bonchev–Trinajstić information content (AvgIpc) is 3.22. The van der Waals surface area contributed by atoms with E-state index in [2.05, 4.69) is 4.72 Å². The molecule has 0 aliphatic heterocycles. The summed E-state index contributed by atoms with van der Waals surface area (Å²) in [6.45, 7) is 5.72. The minimum Gasteiger partial charge on any atom is -0.491 e. The first-order valence-corrected chi connectivity index (χ1v) is 8.73. The van der Waals surface area contributed by atoms with E-state index in [0.717, 1.165) is 18.4 Å². The van der Waals surface area contributed by atoms with Gasteiger partial charge in [-0.3, -0.25) is 0 Å². The van der Waals surface area contributed by atoms with Crippen LogP contribution in [0.5, 0.6) is 5.75 Å². The summed E-state index contributed by atoms with van der Waals surface area (Å²) in [5.74, 6) is 0.929. The van der Waals surface area contributed by atoms with E-state index in [-0.39, 0.29) is 23.5 Å². The zero-order valence-electron chi connectivity index (χ0n) is 12.7. The average molecular weight is 313 g/mol. The highest BCUT2D eigenvalue weighted by atomic mass is 32.2. The number of benzene rings is 1. The molecule has 0 heterocycles. The van der Waals surface area contributed by atoms with Gasteiger partial charge in [-0.15, -0.1) is 0 Å². The van der Waals surface area contributed by atoms with E-state index in [1.807, 2.05) is 20.8 Å². The van der Waals surface area contributed by atoms with Crippen molar-refractivity contribution in [2.75, 3.05) is 6.54 Å². The van der Waals surface area contributed by atoms with Gasteiger partial charge < -0.3 is 9.84 Å². The molecule has 118 valence electrons. The lowest BCUT2D eigenvalue weighted by Crippen LogP contribution is -2.33. The van der Waals surface area contributed by atoms with Crippen molar-refractivity contribution in [2.45, 2.75) is 50.7 Å². The second-order valence-corrected chi connectivity index (χ2v) is 7.62. The van der Waals surface area contributed by atoms with Crippen LogP contribution >= 0.6 is 0 Å². The van der Waals surface area contributed by atoms with Crippen molar-refractivity contribution in [3.63, 3.8) is 0 Å². The minimum atomic E-state index is -3.59. The Balaban J connectivity index is 2.06. The predicted molar refractivity (Wildman–Crippen MR) is 80.9 cm³/mol. The SMILES string of the molecule is Cc1cc(S(=O)(=O)NCC(O)C2CC2)ccc1OC(C)C. The highest BCUT2D eigenvalue weighted by Gasteiger charge is 2.30. The number of aliphatic hydroxyl groups is 1. The van der Waals surface area contributed by atoms with Crippen LogP contribution in [0.15, 0.2) is 23.1 Å². The van der Waals surface area contributed by atoms with Gasteiger partial charge in [-0.25, -0.2) is 13.1 Å². The maximum atomic E-state index is 12.2. The van der Waals surface area contributed by atoms with E-state index < -0.39 is 16.1 Å². The number of aliphatic hydroxyl groups excluding tert-OH is 1. The number of aryl methyl sites for hydroxylation is 1. The van der Waals surface area contributed by atoms with Crippen molar-refractivity contribution >= 4 is 10.0 Å². The molecule has 1 saturated carbocycles. The number of hydrogen-bond acceptors (Lipinski definition) is 4. The Morgan fingerprint density at radius 3 is 2.57 bits per heavy atom. The lowest BCUT2D eigenvalue weighted by atomic mass is 10.2. The van der Waals surface area contributed by atoms with Crippen LogP contribution in [-0.2, 0) is 10.0 Å². The maximum absolute atomic E-state index is 12.2. The predicted octanol–water partition coefficient (Wildman–Crippen LogP) is 1.83. The summed E-state index contributed by atoms with van der Waals surface area (Å²) >= 11 is 0. The third kappa shape index (κ3) is 4.43. The van der Waals surface area contributed by atoms with Gasteiger partial charge in [0.2, 0.25) is 10.0 Å². The van der Waals surface area contributed by atoms with Crippen molar-refractivity contribution < 1.29 is 18.3 Å². The molecule has 0 saturated heterocycles. The molecule has 1 aromatic carbocycles. The van der Waals surface area contributed by atoms with Gasteiger partial charge in [0, 0.05) is 6.54 Å². The van der Waals surface area contributed by atoms with Crippen LogP contribution in [0.4, 0.5) is 0 Å². The summed E-state index contributed by atoms with van der Waals surface area (Å²) in [5, 5.41) is 9.75. The number of nitrogens with one attached hydrogen (secondary N) is 1. The lowest BCUT2D eigenvalue weighted by Gasteiger charge is -2.15. The Kier molecular flexibility index (Phi) is 4.91. The summed E-state index contributed by atoms with van der Waals surface area (Å²) in [7, 11) is -3.59. The molecule has 1 atom stereocenters. The molecule has 1 aliphatic carbocycles. The smallest absolute Gasteiger partial charge is 0.240 e. The lowest BCUT2D eigenvalue weighted by molar-refractivity contribution is 0.155. The van der Waals surface area contributed by atoms with Crippen LogP contribution < -0.4 is 9.46 Å².